The highest BCUT2D eigenvalue weighted by Crippen LogP contribution is 2.17. The summed E-state index contributed by atoms with van der Waals surface area (Å²) < 4.78 is 32.0. The van der Waals surface area contributed by atoms with Crippen molar-refractivity contribution in [3.63, 3.8) is 0 Å². The van der Waals surface area contributed by atoms with Gasteiger partial charge in [-0.3, -0.25) is 4.72 Å². The van der Waals surface area contributed by atoms with Crippen LogP contribution in [-0.4, -0.2) is 15.5 Å². The molecule has 0 heterocycles. The van der Waals surface area contributed by atoms with E-state index in [0.29, 0.717) is 12.3 Å². The number of aryl methyl sites for hydroxylation is 1. The number of nitrogens with one attached hydrogen (secondary N) is 1. The van der Waals surface area contributed by atoms with Gasteiger partial charge >= 0.3 is 0 Å². The molecule has 20 heavy (non-hydrogen) atoms. The first-order chi connectivity index (χ1) is 9.51. The maximum Gasteiger partial charge on any atom is 0.261 e. The molecule has 0 bridgehead atoms. The molecule has 0 radical (unpaired) electrons. The zero-order valence-electron chi connectivity index (χ0n) is 11.5. The summed E-state index contributed by atoms with van der Waals surface area (Å²) in [5.74, 6) is 0. The fourth-order valence-electron chi connectivity index (χ4n) is 1.85. The Balaban J connectivity index is 2.21. The zero-order valence-corrected chi connectivity index (χ0v) is 12.3. The molecule has 4 nitrogen and oxygen atoms in total. The number of hydrogen-bond acceptors (Lipinski definition) is 3. The van der Waals surface area contributed by atoms with Crippen molar-refractivity contribution in [2.75, 3.05) is 11.8 Å². The van der Waals surface area contributed by atoms with E-state index in [1.165, 1.54) is 0 Å². The van der Waals surface area contributed by atoms with Gasteiger partial charge in [0.1, 0.15) is 0 Å². The molecular formula is C15H17NO3S. The lowest BCUT2D eigenvalue weighted by molar-refractivity contribution is 0.185. The predicted molar refractivity (Wildman–Crippen MR) is 79.1 cm³/mol. The summed E-state index contributed by atoms with van der Waals surface area (Å²) in [6.45, 7) is 2.38. The van der Waals surface area contributed by atoms with Gasteiger partial charge in [-0.05, 0) is 42.3 Å². The smallest absolute Gasteiger partial charge is 0.261 e. The van der Waals surface area contributed by atoms with Crippen LogP contribution in [0.2, 0.25) is 0 Å². The van der Waals surface area contributed by atoms with E-state index in [4.69, 9.17) is 4.74 Å². The number of rotatable bonds is 5. The second-order valence-corrected chi connectivity index (χ2v) is 6.23. The van der Waals surface area contributed by atoms with E-state index in [0.717, 1.165) is 11.1 Å². The van der Waals surface area contributed by atoms with Gasteiger partial charge in [0.05, 0.1) is 11.5 Å². The minimum atomic E-state index is -3.55. The van der Waals surface area contributed by atoms with Crippen molar-refractivity contribution in [1.29, 1.82) is 0 Å². The first-order valence-corrected chi connectivity index (χ1v) is 7.67. The highest BCUT2D eigenvalue weighted by molar-refractivity contribution is 7.92. The second kappa shape index (κ2) is 6.07. The molecule has 106 valence electrons. The van der Waals surface area contributed by atoms with Gasteiger partial charge in [0.2, 0.25) is 0 Å². The number of methoxy groups -OCH3 is 1. The summed E-state index contributed by atoms with van der Waals surface area (Å²) in [5.41, 5.74) is 2.49. The lowest BCUT2D eigenvalue weighted by atomic mass is 10.2. The third-order valence-electron chi connectivity index (χ3n) is 2.81. The summed E-state index contributed by atoms with van der Waals surface area (Å²) in [6, 6.07) is 13.9. The normalized spacial score (nSPS) is 11.3. The Kier molecular flexibility index (Phi) is 4.42. The Morgan fingerprint density at radius 2 is 1.80 bits per heavy atom. The Morgan fingerprint density at radius 3 is 2.40 bits per heavy atom. The van der Waals surface area contributed by atoms with Crippen molar-refractivity contribution in [1.82, 2.24) is 0 Å². The summed E-state index contributed by atoms with van der Waals surface area (Å²) >= 11 is 0. The first-order valence-electron chi connectivity index (χ1n) is 6.18. The van der Waals surface area contributed by atoms with E-state index in [9.17, 15) is 8.42 Å². The van der Waals surface area contributed by atoms with Crippen LogP contribution in [0.25, 0.3) is 0 Å². The molecule has 2 aromatic carbocycles. The SMILES string of the molecule is COCc1ccc(S(=O)(=O)Nc2cccc(C)c2)cc1. The average molecular weight is 291 g/mol. The number of anilines is 1. The number of ether oxygens (including phenoxy) is 1. The molecule has 5 heteroatoms. The topological polar surface area (TPSA) is 55.4 Å². The lowest BCUT2D eigenvalue weighted by Crippen LogP contribution is -2.13. The van der Waals surface area contributed by atoms with Crippen molar-refractivity contribution in [2.45, 2.75) is 18.4 Å². The predicted octanol–water partition coefficient (Wildman–Crippen LogP) is 2.94. The van der Waals surface area contributed by atoms with Gasteiger partial charge in [0.25, 0.3) is 10.0 Å². The summed E-state index contributed by atoms with van der Waals surface area (Å²) in [6.07, 6.45) is 0. The maximum absolute atomic E-state index is 12.2. The van der Waals surface area contributed by atoms with E-state index in [1.54, 1.807) is 43.5 Å². The van der Waals surface area contributed by atoms with Crippen LogP contribution >= 0.6 is 0 Å². The van der Waals surface area contributed by atoms with Crippen LogP contribution in [-0.2, 0) is 21.4 Å². The molecule has 0 saturated carbocycles. The van der Waals surface area contributed by atoms with Gasteiger partial charge in [-0.2, -0.15) is 0 Å². The van der Waals surface area contributed by atoms with E-state index in [-0.39, 0.29) is 4.90 Å². The van der Waals surface area contributed by atoms with Gasteiger partial charge in [-0.1, -0.05) is 24.3 Å². The van der Waals surface area contributed by atoms with Gasteiger partial charge < -0.3 is 4.74 Å². The van der Waals surface area contributed by atoms with Crippen molar-refractivity contribution < 1.29 is 13.2 Å². The molecular weight excluding hydrogens is 274 g/mol. The van der Waals surface area contributed by atoms with Crippen LogP contribution in [0, 0.1) is 6.92 Å². The monoisotopic (exact) mass is 291 g/mol. The average Bonchev–Trinajstić information content (AvgIpc) is 2.39. The molecule has 2 rings (SSSR count). The Hall–Kier alpha value is -1.85. The standard InChI is InChI=1S/C15H17NO3S/c1-12-4-3-5-14(10-12)16-20(17,18)15-8-6-13(7-9-15)11-19-2/h3-10,16H,11H2,1-2H3. The molecule has 0 spiro atoms. The molecule has 0 atom stereocenters. The van der Waals surface area contributed by atoms with Crippen LogP contribution in [0.1, 0.15) is 11.1 Å². The quantitative estimate of drug-likeness (QED) is 0.921. The molecule has 0 unspecified atom stereocenters. The number of sulfonamides is 1. The summed E-state index contributed by atoms with van der Waals surface area (Å²) in [5, 5.41) is 0. The largest absolute Gasteiger partial charge is 0.380 e. The van der Waals surface area contributed by atoms with E-state index in [1.807, 2.05) is 19.1 Å². The van der Waals surface area contributed by atoms with Gasteiger partial charge in [-0.25, -0.2) is 8.42 Å². The van der Waals surface area contributed by atoms with Gasteiger partial charge in [0, 0.05) is 12.8 Å². The van der Waals surface area contributed by atoms with E-state index < -0.39 is 10.0 Å². The maximum atomic E-state index is 12.2. The molecule has 2 aromatic rings. The molecule has 0 aliphatic carbocycles. The highest BCUT2D eigenvalue weighted by atomic mass is 32.2. The molecule has 0 aliphatic heterocycles. The number of hydrogen-bond donors (Lipinski definition) is 1. The van der Waals surface area contributed by atoms with Gasteiger partial charge in [0.15, 0.2) is 0 Å². The summed E-state index contributed by atoms with van der Waals surface area (Å²) in [4.78, 5) is 0.235. The van der Waals surface area contributed by atoms with Crippen LogP contribution in [0.4, 0.5) is 5.69 Å². The second-order valence-electron chi connectivity index (χ2n) is 4.55. The fourth-order valence-corrected chi connectivity index (χ4v) is 2.90. The minimum absolute atomic E-state index is 0.235. The first kappa shape index (κ1) is 14.6. The zero-order chi connectivity index (χ0) is 14.6. The van der Waals surface area contributed by atoms with Crippen molar-refractivity contribution in [2.24, 2.45) is 0 Å². The van der Waals surface area contributed by atoms with Crippen molar-refractivity contribution in [3.8, 4) is 0 Å². The molecule has 0 fully saturated rings. The Labute approximate surface area is 119 Å². The van der Waals surface area contributed by atoms with Crippen molar-refractivity contribution in [3.05, 3.63) is 59.7 Å². The molecule has 0 aliphatic rings. The summed E-state index contributed by atoms with van der Waals surface area (Å²) in [7, 11) is -1.95. The van der Waals surface area contributed by atoms with Crippen LogP contribution < -0.4 is 4.72 Å². The fraction of sp³-hybridized carbons (Fsp3) is 0.200. The molecule has 0 amide bonds. The third kappa shape index (κ3) is 3.59. The minimum Gasteiger partial charge on any atom is -0.380 e. The van der Waals surface area contributed by atoms with E-state index in [2.05, 4.69) is 4.72 Å². The molecule has 0 saturated heterocycles. The molecule has 1 N–H and O–H groups in total. The molecule has 0 aromatic heterocycles. The van der Waals surface area contributed by atoms with Crippen LogP contribution in [0.15, 0.2) is 53.4 Å². The van der Waals surface area contributed by atoms with Gasteiger partial charge in [-0.15, -0.1) is 0 Å². The van der Waals surface area contributed by atoms with Crippen LogP contribution in [0.5, 0.6) is 0 Å². The Bertz CT molecular complexity index is 679. The third-order valence-corrected chi connectivity index (χ3v) is 4.21. The Morgan fingerprint density at radius 1 is 1.10 bits per heavy atom. The van der Waals surface area contributed by atoms with Crippen LogP contribution in [0.3, 0.4) is 0 Å². The van der Waals surface area contributed by atoms with E-state index >= 15 is 0 Å². The number of benzene rings is 2. The van der Waals surface area contributed by atoms with Crippen molar-refractivity contribution >= 4 is 15.7 Å². The lowest BCUT2D eigenvalue weighted by Gasteiger charge is -2.09. The highest BCUT2D eigenvalue weighted by Gasteiger charge is 2.13.